The largest absolute Gasteiger partial charge is 0.461 e. The molecule has 0 amide bonds. The predicted molar refractivity (Wildman–Crippen MR) is 47.2 cm³/mol. The molecule has 0 bridgehead atoms. The molecule has 1 aromatic rings. The van der Waals surface area contributed by atoms with Crippen molar-refractivity contribution in [3.05, 3.63) is 29.8 Å². The molecular formula is C10H10FNO2. The van der Waals surface area contributed by atoms with Crippen LogP contribution in [0.15, 0.2) is 18.2 Å². The normalized spacial score (nSPS) is 15.2. The van der Waals surface area contributed by atoms with Crippen LogP contribution < -0.4 is 0 Å². The summed E-state index contributed by atoms with van der Waals surface area (Å²) < 4.78 is 17.6. The van der Waals surface area contributed by atoms with Crippen molar-refractivity contribution in [2.45, 2.75) is 12.8 Å². The first kappa shape index (κ1) is 9.12. The van der Waals surface area contributed by atoms with E-state index >= 15 is 0 Å². The third kappa shape index (κ3) is 2.28. The van der Waals surface area contributed by atoms with Gasteiger partial charge >= 0.3 is 5.97 Å². The lowest BCUT2D eigenvalue weighted by atomic mass is 10.3. The number of halogens is 1. The molecule has 0 radical (unpaired) electrons. The van der Waals surface area contributed by atoms with Gasteiger partial charge in [0.15, 0.2) is 5.69 Å². The van der Waals surface area contributed by atoms with E-state index in [9.17, 15) is 9.18 Å². The lowest BCUT2D eigenvalue weighted by molar-refractivity contribution is 0.0478. The molecule has 0 N–H and O–H groups in total. The second kappa shape index (κ2) is 3.74. The van der Waals surface area contributed by atoms with E-state index in [0.29, 0.717) is 12.5 Å². The summed E-state index contributed by atoms with van der Waals surface area (Å²) in [5, 5.41) is 0. The smallest absolute Gasteiger partial charge is 0.357 e. The number of aromatic nitrogens is 1. The fourth-order valence-corrected chi connectivity index (χ4v) is 1.07. The van der Waals surface area contributed by atoms with Crippen LogP contribution in [0, 0.1) is 11.9 Å². The van der Waals surface area contributed by atoms with Crippen LogP contribution >= 0.6 is 0 Å². The van der Waals surface area contributed by atoms with Gasteiger partial charge in [0.2, 0.25) is 5.95 Å². The Morgan fingerprint density at radius 2 is 2.36 bits per heavy atom. The first-order valence-electron chi connectivity index (χ1n) is 4.55. The highest BCUT2D eigenvalue weighted by Gasteiger charge is 2.23. The molecule has 0 aromatic carbocycles. The van der Waals surface area contributed by atoms with Gasteiger partial charge in [0.25, 0.3) is 0 Å². The molecule has 0 unspecified atom stereocenters. The topological polar surface area (TPSA) is 39.2 Å². The Hall–Kier alpha value is -1.45. The van der Waals surface area contributed by atoms with Crippen LogP contribution in [0.25, 0.3) is 0 Å². The quantitative estimate of drug-likeness (QED) is 0.545. The van der Waals surface area contributed by atoms with E-state index in [2.05, 4.69) is 4.98 Å². The maximum absolute atomic E-state index is 12.6. The molecule has 14 heavy (non-hydrogen) atoms. The molecule has 2 rings (SSSR count). The average Bonchev–Trinajstić information content (AvgIpc) is 2.97. The zero-order valence-electron chi connectivity index (χ0n) is 7.57. The summed E-state index contributed by atoms with van der Waals surface area (Å²) in [5.74, 6) is -0.699. The van der Waals surface area contributed by atoms with E-state index in [0.717, 1.165) is 12.8 Å². The first-order valence-corrected chi connectivity index (χ1v) is 4.55. The molecule has 1 aliphatic rings. The van der Waals surface area contributed by atoms with Gasteiger partial charge in [-0.3, -0.25) is 0 Å². The number of rotatable bonds is 3. The third-order valence-corrected chi connectivity index (χ3v) is 2.07. The highest BCUT2D eigenvalue weighted by atomic mass is 19.1. The van der Waals surface area contributed by atoms with E-state index in [1.807, 2.05) is 0 Å². The molecule has 1 heterocycles. The minimum Gasteiger partial charge on any atom is -0.461 e. The Morgan fingerprint density at radius 1 is 1.57 bits per heavy atom. The van der Waals surface area contributed by atoms with Gasteiger partial charge in [-0.1, -0.05) is 6.07 Å². The van der Waals surface area contributed by atoms with Gasteiger partial charge in [-0.25, -0.2) is 9.78 Å². The fourth-order valence-electron chi connectivity index (χ4n) is 1.07. The van der Waals surface area contributed by atoms with Crippen molar-refractivity contribution < 1.29 is 13.9 Å². The molecule has 1 aliphatic carbocycles. The first-order chi connectivity index (χ1) is 6.75. The summed E-state index contributed by atoms with van der Waals surface area (Å²) in [4.78, 5) is 14.7. The highest BCUT2D eigenvalue weighted by Crippen LogP contribution is 2.28. The number of ether oxygens (including phenoxy) is 1. The van der Waals surface area contributed by atoms with Crippen molar-refractivity contribution in [3.63, 3.8) is 0 Å². The van der Waals surface area contributed by atoms with Crippen molar-refractivity contribution in [2.75, 3.05) is 6.61 Å². The number of nitrogens with zero attached hydrogens (tertiary/aromatic N) is 1. The third-order valence-electron chi connectivity index (χ3n) is 2.07. The standard InChI is InChI=1S/C10H10FNO2/c11-9-3-1-2-8(12-9)10(13)14-6-7-4-5-7/h1-3,7H,4-6H2. The van der Waals surface area contributed by atoms with Crippen LogP contribution in [-0.4, -0.2) is 17.6 Å². The molecule has 1 aromatic heterocycles. The van der Waals surface area contributed by atoms with Crippen LogP contribution in [0.2, 0.25) is 0 Å². The van der Waals surface area contributed by atoms with Crippen molar-refractivity contribution in [3.8, 4) is 0 Å². The van der Waals surface area contributed by atoms with Gasteiger partial charge in [0.1, 0.15) is 0 Å². The van der Waals surface area contributed by atoms with Gasteiger partial charge in [-0.05, 0) is 30.9 Å². The van der Waals surface area contributed by atoms with Gasteiger partial charge in [0.05, 0.1) is 6.61 Å². The molecule has 1 fully saturated rings. The van der Waals surface area contributed by atoms with E-state index in [4.69, 9.17) is 4.74 Å². The Labute approximate surface area is 80.9 Å². The van der Waals surface area contributed by atoms with Crippen LogP contribution in [0.5, 0.6) is 0 Å². The minimum atomic E-state index is -0.661. The maximum Gasteiger partial charge on any atom is 0.357 e. The lowest BCUT2D eigenvalue weighted by Gasteiger charge is -2.02. The number of carbonyl (C=O) groups excluding carboxylic acids is 1. The second-order valence-electron chi connectivity index (χ2n) is 3.39. The zero-order chi connectivity index (χ0) is 9.97. The summed E-state index contributed by atoms with van der Waals surface area (Å²) in [7, 11) is 0. The molecule has 0 spiro atoms. The highest BCUT2D eigenvalue weighted by molar-refractivity contribution is 5.87. The molecule has 0 aliphatic heterocycles. The number of esters is 1. The van der Waals surface area contributed by atoms with Crippen molar-refractivity contribution in [2.24, 2.45) is 5.92 Å². The van der Waals surface area contributed by atoms with Crippen LogP contribution in [-0.2, 0) is 4.74 Å². The molecule has 0 saturated heterocycles. The van der Waals surface area contributed by atoms with Gasteiger partial charge in [0, 0.05) is 0 Å². The van der Waals surface area contributed by atoms with Crippen LogP contribution in [0.3, 0.4) is 0 Å². The van der Waals surface area contributed by atoms with E-state index in [1.165, 1.54) is 18.2 Å². The van der Waals surface area contributed by atoms with E-state index in [-0.39, 0.29) is 5.69 Å². The monoisotopic (exact) mass is 195 g/mol. The fraction of sp³-hybridized carbons (Fsp3) is 0.400. The Balaban J connectivity index is 1.95. The molecule has 1 saturated carbocycles. The number of hydrogen-bond donors (Lipinski definition) is 0. The average molecular weight is 195 g/mol. The summed E-state index contributed by atoms with van der Waals surface area (Å²) in [6.45, 7) is 0.428. The van der Waals surface area contributed by atoms with E-state index < -0.39 is 11.9 Å². The van der Waals surface area contributed by atoms with Crippen LogP contribution in [0.1, 0.15) is 23.3 Å². The van der Waals surface area contributed by atoms with Crippen molar-refractivity contribution >= 4 is 5.97 Å². The molecule has 0 atom stereocenters. The second-order valence-corrected chi connectivity index (χ2v) is 3.39. The van der Waals surface area contributed by atoms with Crippen molar-refractivity contribution in [1.82, 2.24) is 4.98 Å². The van der Waals surface area contributed by atoms with Gasteiger partial charge in [-0.2, -0.15) is 4.39 Å². The van der Waals surface area contributed by atoms with E-state index in [1.54, 1.807) is 0 Å². The molecule has 74 valence electrons. The summed E-state index contributed by atoms with van der Waals surface area (Å²) in [5.41, 5.74) is 0.0330. The maximum atomic E-state index is 12.6. The molecule has 3 nitrogen and oxygen atoms in total. The Bertz CT molecular complexity index is 350. The summed E-state index contributed by atoms with van der Waals surface area (Å²) >= 11 is 0. The number of hydrogen-bond acceptors (Lipinski definition) is 3. The predicted octanol–water partition coefficient (Wildman–Crippen LogP) is 1.79. The lowest BCUT2D eigenvalue weighted by Crippen LogP contribution is -2.09. The van der Waals surface area contributed by atoms with Gasteiger partial charge < -0.3 is 4.74 Å². The summed E-state index contributed by atoms with van der Waals surface area (Å²) in [6.07, 6.45) is 2.23. The molecule has 4 heteroatoms. The minimum absolute atomic E-state index is 0.0330. The van der Waals surface area contributed by atoms with Crippen molar-refractivity contribution in [1.29, 1.82) is 0 Å². The van der Waals surface area contributed by atoms with Crippen LogP contribution in [0.4, 0.5) is 4.39 Å². The van der Waals surface area contributed by atoms with Gasteiger partial charge in [-0.15, -0.1) is 0 Å². The number of pyridine rings is 1. The SMILES string of the molecule is O=C(OCC1CC1)c1cccc(F)n1. The Kier molecular flexibility index (Phi) is 2.43. The molecular weight excluding hydrogens is 185 g/mol. The number of carbonyl (C=O) groups is 1. The summed E-state index contributed by atoms with van der Waals surface area (Å²) in [6, 6.07) is 4.08. The zero-order valence-corrected chi connectivity index (χ0v) is 7.57. The Morgan fingerprint density at radius 3 is 3.00 bits per heavy atom.